The molecule has 0 spiro atoms. The van der Waals surface area contributed by atoms with Crippen LogP contribution < -0.4 is 4.90 Å². The average Bonchev–Trinajstić information content (AvgIpc) is 2.73. The Kier molecular flexibility index (Phi) is 5.48. The van der Waals surface area contributed by atoms with E-state index in [1.165, 1.54) is 6.08 Å². The number of piperazine rings is 1. The van der Waals surface area contributed by atoms with Crippen molar-refractivity contribution < 1.29 is 4.79 Å². The number of fused-ring (bicyclic) bond motifs is 1. The van der Waals surface area contributed by atoms with Crippen LogP contribution in [-0.4, -0.2) is 42.0 Å². The highest BCUT2D eigenvalue weighted by Crippen LogP contribution is 2.38. The fraction of sp³-hybridized carbons (Fsp3) is 0.217. The Bertz CT molecular complexity index is 1100. The third kappa shape index (κ3) is 3.83. The van der Waals surface area contributed by atoms with Crippen LogP contribution in [0.4, 0.5) is 5.82 Å². The molecular formula is C23H21Cl2N3O. The minimum Gasteiger partial charge on any atom is -0.353 e. The van der Waals surface area contributed by atoms with Gasteiger partial charge >= 0.3 is 0 Å². The molecule has 2 aromatic carbocycles. The van der Waals surface area contributed by atoms with E-state index in [9.17, 15) is 4.79 Å². The maximum Gasteiger partial charge on any atom is 0.246 e. The summed E-state index contributed by atoms with van der Waals surface area (Å²) in [6.07, 6.45) is 3.17. The molecule has 0 N–H and O–H groups in total. The van der Waals surface area contributed by atoms with E-state index in [1.54, 1.807) is 6.20 Å². The van der Waals surface area contributed by atoms with Gasteiger partial charge in [0.25, 0.3) is 0 Å². The number of rotatable bonds is 3. The summed E-state index contributed by atoms with van der Waals surface area (Å²) in [6, 6.07) is 12.0. The fourth-order valence-electron chi connectivity index (χ4n) is 3.74. The van der Waals surface area contributed by atoms with Gasteiger partial charge in [0.05, 0.1) is 0 Å². The van der Waals surface area contributed by atoms with Gasteiger partial charge in [-0.15, -0.1) is 0 Å². The van der Waals surface area contributed by atoms with Gasteiger partial charge in [-0.05, 0) is 48.2 Å². The van der Waals surface area contributed by atoms with Gasteiger partial charge in [-0.25, -0.2) is 4.98 Å². The molecule has 1 amide bonds. The lowest BCUT2D eigenvalue weighted by Gasteiger charge is -2.35. The highest BCUT2D eigenvalue weighted by Gasteiger charge is 2.22. The Morgan fingerprint density at radius 2 is 1.76 bits per heavy atom. The third-order valence-corrected chi connectivity index (χ3v) is 5.94. The quantitative estimate of drug-likeness (QED) is 0.530. The Morgan fingerprint density at radius 3 is 2.45 bits per heavy atom. The summed E-state index contributed by atoms with van der Waals surface area (Å²) in [7, 11) is 0. The summed E-state index contributed by atoms with van der Waals surface area (Å²) in [6.45, 7) is 8.31. The summed E-state index contributed by atoms with van der Waals surface area (Å²) in [5.74, 6) is 0.868. The molecule has 4 nitrogen and oxygen atoms in total. The fourth-order valence-corrected chi connectivity index (χ4v) is 4.35. The molecular weight excluding hydrogens is 405 g/mol. The first-order chi connectivity index (χ1) is 14.0. The monoisotopic (exact) mass is 425 g/mol. The van der Waals surface area contributed by atoms with E-state index in [0.29, 0.717) is 23.1 Å². The van der Waals surface area contributed by atoms with Crippen molar-refractivity contribution in [3.05, 3.63) is 70.9 Å². The number of hydrogen-bond acceptors (Lipinski definition) is 3. The number of anilines is 1. The van der Waals surface area contributed by atoms with Crippen LogP contribution in [0.25, 0.3) is 21.9 Å². The molecule has 1 fully saturated rings. The molecule has 0 unspecified atom stereocenters. The van der Waals surface area contributed by atoms with Crippen LogP contribution in [0.2, 0.25) is 10.0 Å². The zero-order valence-electron chi connectivity index (χ0n) is 16.2. The molecule has 4 rings (SSSR count). The molecule has 1 aromatic heterocycles. The largest absolute Gasteiger partial charge is 0.353 e. The number of nitrogens with zero attached hydrogens (tertiary/aromatic N) is 3. The second-order valence-corrected chi connectivity index (χ2v) is 8.00. The van der Waals surface area contributed by atoms with E-state index < -0.39 is 0 Å². The SMILES string of the molecule is C=CC(=O)N1CCN(c2nccc3cc(Cl)c(-c4ccc(C)cc4Cl)cc23)CC1. The summed E-state index contributed by atoms with van der Waals surface area (Å²) in [5.41, 5.74) is 2.89. The number of hydrogen-bond donors (Lipinski definition) is 0. The van der Waals surface area contributed by atoms with Crippen LogP contribution in [0, 0.1) is 6.92 Å². The lowest BCUT2D eigenvalue weighted by Crippen LogP contribution is -2.48. The number of aromatic nitrogens is 1. The van der Waals surface area contributed by atoms with Crippen LogP contribution >= 0.6 is 23.2 Å². The molecule has 148 valence electrons. The first-order valence-corrected chi connectivity index (χ1v) is 10.2. The molecule has 1 aliphatic rings. The van der Waals surface area contributed by atoms with Gasteiger partial charge in [-0.1, -0.05) is 41.9 Å². The Labute approximate surface area is 180 Å². The molecule has 0 bridgehead atoms. The second kappa shape index (κ2) is 8.05. The average molecular weight is 426 g/mol. The molecule has 29 heavy (non-hydrogen) atoms. The molecule has 3 aromatic rings. The summed E-state index contributed by atoms with van der Waals surface area (Å²) in [4.78, 5) is 20.5. The summed E-state index contributed by atoms with van der Waals surface area (Å²) >= 11 is 13.1. The van der Waals surface area contributed by atoms with Gasteiger partial charge < -0.3 is 9.80 Å². The van der Waals surface area contributed by atoms with E-state index in [1.807, 2.05) is 42.2 Å². The Morgan fingerprint density at radius 1 is 1.03 bits per heavy atom. The van der Waals surface area contributed by atoms with Gasteiger partial charge in [0, 0.05) is 58.9 Å². The predicted octanol–water partition coefficient (Wildman–Crippen LogP) is 5.35. The van der Waals surface area contributed by atoms with Crippen LogP contribution in [0.1, 0.15) is 5.56 Å². The number of halogens is 2. The van der Waals surface area contributed by atoms with Gasteiger partial charge in [0.2, 0.25) is 5.91 Å². The number of aryl methyl sites for hydroxylation is 1. The zero-order valence-corrected chi connectivity index (χ0v) is 17.7. The van der Waals surface area contributed by atoms with Crippen LogP contribution in [0.15, 0.2) is 55.3 Å². The van der Waals surface area contributed by atoms with E-state index in [2.05, 4.69) is 22.5 Å². The molecule has 1 aliphatic heterocycles. The van der Waals surface area contributed by atoms with Gasteiger partial charge in [0.1, 0.15) is 5.82 Å². The predicted molar refractivity (Wildman–Crippen MR) is 121 cm³/mol. The van der Waals surface area contributed by atoms with Crippen LogP contribution in [0.3, 0.4) is 0 Å². The molecule has 2 heterocycles. The molecule has 0 aliphatic carbocycles. The molecule has 1 saturated heterocycles. The van der Waals surface area contributed by atoms with Gasteiger partial charge in [-0.2, -0.15) is 0 Å². The van der Waals surface area contributed by atoms with Crippen molar-refractivity contribution in [2.75, 3.05) is 31.1 Å². The summed E-state index contributed by atoms with van der Waals surface area (Å²) < 4.78 is 0. The minimum atomic E-state index is -0.0291. The lowest BCUT2D eigenvalue weighted by molar-refractivity contribution is -0.126. The second-order valence-electron chi connectivity index (χ2n) is 7.19. The number of amides is 1. The smallest absolute Gasteiger partial charge is 0.246 e. The van der Waals surface area contributed by atoms with Crippen molar-refractivity contribution in [3.63, 3.8) is 0 Å². The summed E-state index contributed by atoms with van der Waals surface area (Å²) in [5, 5.41) is 3.37. The Balaban J connectivity index is 1.75. The molecule has 0 saturated carbocycles. The Hall–Kier alpha value is -2.56. The van der Waals surface area contributed by atoms with E-state index in [0.717, 1.165) is 46.4 Å². The number of carbonyl (C=O) groups excluding carboxylic acids is 1. The van der Waals surface area contributed by atoms with Gasteiger partial charge in [-0.3, -0.25) is 4.79 Å². The number of benzene rings is 2. The maximum absolute atomic E-state index is 11.9. The van der Waals surface area contributed by atoms with Gasteiger partial charge in [0.15, 0.2) is 0 Å². The van der Waals surface area contributed by atoms with E-state index in [-0.39, 0.29) is 5.91 Å². The first-order valence-electron chi connectivity index (χ1n) is 9.49. The van der Waals surface area contributed by atoms with Crippen molar-refractivity contribution in [1.82, 2.24) is 9.88 Å². The first kappa shape index (κ1) is 19.7. The van der Waals surface area contributed by atoms with E-state index in [4.69, 9.17) is 23.2 Å². The normalized spacial score (nSPS) is 14.3. The number of pyridine rings is 1. The standard InChI is InChI=1S/C23H21Cl2N3O/c1-3-22(29)27-8-10-28(11-9-27)23-18-14-19(17-5-4-15(2)12-20(17)24)21(25)13-16(18)6-7-26-23/h3-7,12-14H,1,8-11H2,2H3. The number of carbonyl (C=O) groups is 1. The topological polar surface area (TPSA) is 36.4 Å². The van der Waals surface area contributed by atoms with E-state index >= 15 is 0 Å². The highest BCUT2D eigenvalue weighted by atomic mass is 35.5. The molecule has 0 radical (unpaired) electrons. The van der Waals surface area contributed by atoms with Crippen molar-refractivity contribution in [3.8, 4) is 11.1 Å². The van der Waals surface area contributed by atoms with Crippen molar-refractivity contribution in [2.24, 2.45) is 0 Å². The van der Waals surface area contributed by atoms with Crippen molar-refractivity contribution in [2.45, 2.75) is 6.92 Å². The van der Waals surface area contributed by atoms with Crippen molar-refractivity contribution in [1.29, 1.82) is 0 Å². The highest BCUT2D eigenvalue weighted by molar-refractivity contribution is 6.37. The maximum atomic E-state index is 11.9. The minimum absolute atomic E-state index is 0.0291. The van der Waals surface area contributed by atoms with Crippen LogP contribution in [-0.2, 0) is 4.79 Å². The lowest BCUT2D eigenvalue weighted by atomic mass is 10.00. The third-order valence-electron chi connectivity index (χ3n) is 5.31. The van der Waals surface area contributed by atoms with Crippen LogP contribution in [0.5, 0.6) is 0 Å². The molecule has 6 heteroatoms. The van der Waals surface area contributed by atoms with Crippen molar-refractivity contribution >= 4 is 45.7 Å². The molecule has 0 atom stereocenters. The zero-order chi connectivity index (χ0) is 20.5.